The summed E-state index contributed by atoms with van der Waals surface area (Å²) in [7, 11) is 3.07. The number of amides is 1. The molecule has 0 aliphatic carbocycles. The van der Waals surface area contributed by atoms with Gasteiger partial charge in [0.25, 0.3) is 0 Å². The Bertz CT molecular complexity index is 823. The quantitative estimate of drug-likeness (QED) is 0.759. The summed E-state index contributed by atoms with van der Waals surface area (Å²) in [6.07, 6.45) is -0.281. The molecule has 1 unspecified atom stereocenters. The number of nitrogens with zero attached hydrogens (tertiary/aromatic N) is 2. The van der Waals surface area contributed by atoms with Crippen molar-refractivity contribution in [3.05, 3.63) is 34.7 Å². The Kier molecular flexibility index (Phi) is 5.08. The van der Waals surface area contributed by atoms with Crippen molar-refractivity contribution in [3.63, 3.8) is 0 Å². The van der Waals surface area contributed by atoms with Crippen molar-refractivity contribution < 1.29 is 19.4 Å². The number of aryl methyl sites for hydroxylation is 1. The second kappa shape index (κ2) is 6.88. The molecule has 24 heavy (non-hydrogen) atoms. The van der Waals surface area contributed by atoms with Crippen LogP contribution in [0.1, 0.15) is 13.3 Å². The van der Waals surface area contributed by atoms with E-state index in [9.17, 15) is 14.4 Å². The Balaban J connectivity index is 2.25. The van der Waals surface area contributed by atoms with Crippen molar-refractivity contribution in [1.82, 2.24) is 14.5 Å². The fraction of sp³-hybridized carbons (Fsp3) is 0.438. The molecule has 2 aromatic rings. The molecular weight excluding hydrogens is 314 g/mol. The van der Waals surface area contributed by atoms with Gasteiger partial charge in [0.15, 0.2) is 0 Å². The zero-order valence-electron chi connectivity index (χ0n) is 13.9. The Morgan fingerprint density at radius 2 is 1.92 bits per heavy atom. The standard InChI is InChI=1S/C16H21N3O5/c1-16(10-24-3,8-14(21)22)17-13(20)9-19-12-7-5-4-6-11(12)18(2)15(19)23/h4-7H,8-10H2,1-3H3,(H,17,20)(H,21,22). The molecular formula is C16H21N3O5. The molecule has 130 valence electrons. The van der Waals surface area contributed by atoms with E-state index in [0.29, 0.717) is 5.52 Å². The summed E-state index contributed by atoms with van der Waals surface area (Å²) in [6.45, 7) is 1.45. The van der Waals surface area contributed by atoms with E-state index in [1.165, 1.54) is 16.2 Å². The number of fused-ring (bicyclic) bond motifs is 1. The van der Waals surface area contributed by atoms with E-state index in [1.54, 1.807) is 32.2 Å². The van der Waals surface area contributed by atoms with Crippen LogP contribution in [0.2, 0.25) is 0 Å². The summed E-state index contributed by atoms with van der Waals surface area (Å²) in [4.78, 5) is 35.7. The maximum Gasteiger partial charge on any atom is 0.329 e. The van der Waals surface area contributed by atoms with Gasteiger partial charge in [-0.1, -0.05) is 12.1 Å². The number of aliphatic carboxylic acids is 1. The molecule has 0 fully saturated rings. The first-order valence-corrected chi connectivity index (χ1v) is 7.43. The molecule has 0 spiro atoms. The zero-order valence-corrected chi connectivity index (χ0v) is 13.9. The molecule has 2 N–H and O–H groups in total. The van der Waals surface area contributed by atoms with Crippen LogP contribution in [0.15, 0.2) is 29.1 Å². The largest absolute Gasteiger partial charge is 0.481 e. The van der Waals surface area contributed by atoms with Crippen LogP contribution in [0.3, 0.4) is 0 Å². The SMILES string of the molecule is COCC(C)(CC(=O)O)NC(=O)Cn1c(=O)n(C)c2ccccc21. The van der Waals surface area contributed by atoms with Gasteiger partial charge in [0.05, 0.1) is 29.6 Å². The summed E-state index contributed by atoms with van der Waals surface area (Å²) in [6, 6.07) is 7.16. The van der Waals surface area contributed by atoms with E-state index in [4.69, 9.17) is 9.84 Å². The molecule has 8 heteroatoms. The highest BCUT2D eigenvalue weighted by Crippen LogP contribution is 2.13. The third-order valence-electron chi connectivity index (χ3n) is 3.80. The van der Waals surface area contributed by atoms with E-state index in [1.807, 2.05) is 6.07 Å². The van der Waals surface area contributed by atoms with Gasteiger partial charge in [0, 0.05) is 14.2 Å². The van der Waals surface area contributed by atoms with Crippen molar-refractivity contribution in [2.45, 2.75) is 25.4 Å². The van der Waals surface area contributed by atoms with Crippen LogP contribution < -0.4 is 11.0 Å². The van der Waals surface area contributed by atoms with Gasteiger partial charge in [0.1, 0.15) is 6.54 Å². The molecule has 1 heterocycles. The van der Waals surface area contributed by atoms with Gasteiger partial charge in [-0.2, -0.15) is 0 Å². The average Bonchev–Trinajstić information content (AvgIpc) is 2.72. The third kappa shape index (κ3) is 3.65. The van der Waals surface area contributed by atoms with Crippen LogP contribution in [0.5, 0.6) is 0 Å². The fourth-order valence-electron chi connectivity index (χ4n) is 2.82. The smallest absolute Gasteiger partial charge is 0.329 e. The Labute approximate surface area is 138 Å². The molecule has 1 aromatic carbocycles. The predicted molar refractivity (Wildman–Crippen MR) is 87.9 cm³/mol. The molecule has 2 rings (SSSR count). The van der Waals surface area contributed by atoms with Crippen LogP contribution >= 0.6 is 0 Å². The van der Waals surface area contributed by atoms with Crippen molar-refractivity contribution in [3.8, 4) is 0 Å². The van der Waals surface area contributed by atoms with E-state index in [2.05, 4.69) is 5.32 Å². The average molecular weight is 335 g/mol. The van der Waals surface area contributed by atoms with E-state index in [0.717, 1.165) is 5.52 Å². The van der Waals surface area contributed by atoms with Crippen LogP contribution in [0.4, 0.5) is 0 Å². The second-order valence-electron chi connectivity index (χ2n) is 6.03. The molecule has 1 aromatic heterocycles. The number of aromatic nitrogens is 2. The summed E-state index contributed by atoms with van der Waals surface area (Å²) in [5, 5.41) is 11.7. The normalized spacial score (nSPS) is 13.6. The molecule has 0 bridgehead atoms. The Morgan fingerprint density at radius 1 is 1.29 bits per heavy atom. The predicted octanol–water partition coefficient (Wildman–Crippen LogP) is 0.336. The number of imidazole rings is 1. The number of rotatable bonds is 7. The van der Waals surface area contributed by atoms with Crippen molar-refractivity contribution in [2.75, 3.05) is 13.7 Å². The number of carbonyl (C=O) groups excluding carboxylic acids is 1. The minimum Gasteiger partial charge on any atom is -0.481 e. The number of para-hydroxylation sites is 2. The first kappa shape index (κ1) is 17.7. The molecule has 0 saturated heterocycles. The highest BCUT2D eigenvalue weighted by atomic mass is 16.5. The van der Waals surface area contributed by atoms with E-state index >= 15 is 0 Å². The van der Waals surface area contributed by atoms with Gasteiger partial charge in [-0.15, -0.1) is 0 Å². The summed E-state index contributed by atoms with van der Waals surface area (Å²) in [5.41, 5.74) is 0.0108. The number of methoxy groups -OCH3 is 1. The number of benzene rings is 1. The van der Waals surface area contributed by atoms with Crippen LogP contribution in [0, 0.1) is 0 Å². The van der Waals surface area contributed by atoms with Crippen LogP contribution in [0.25, 0.3) is 11.0 Å². The zero-order chi connectivity index (χ0) is 17.9. The third-order valence-corrected chi connectivity index (χ3v) is 3.80. The van der Waals surface area contributed by atoms with Gasteiger partial charge in [-0.3, -0.25) is 18.7 Å². The highest BCUT2D eigenvalue weighted by Gasteiger charge is 2.30. The fourth-order valence-corrected chi connectivity index (χ4v) is 2.82. The number of nitrogens with one attached hydrogen (secondary N) is 1. The lowest BCUT2D eigenvalue weighted by Gasteiger charge is -2.28. The van der Waals surface area contributed by atoms with E-state index < -0.39 is 17.4 Å². The van der Waals surface area contributed by atoms with Gasteiger partial charge >= 0.3 is 11.7 Å². The van der Waals surface area contributed by atoms with Gasteiger partial charge in [-0.25, -0.2) is 4.79 Å². The van der Waals surface area contributed by atoms with Crippen molar-refractivity contribution >= 4 is 22.9 Å². The van der Waals surface area contributed by atoms with E-state index in [-0.39, 0.29) is 25.3 Å². The summed E-state index contributed by atoms with van der Waals surface area (Å²) >= 11 is 0. The summed E-state index contributed by atoms with van der Waals surface area (Å²) < 4.78 is 7.83. The molecule has 1 amide bonds. The Morgan fingerprint density at radius 3 is 2.50 bits per heavy atom. The number of hydrogen-bond acceptors (Lipinski definition) is 4. The van der Waals surface area contributed by atoms with Crippen LogP contribution in [-0.2, 0) is 27.9 Å². The highest BCUT2D eigenvalue weighted by molar-refractivity contribution is 5.82. The maximum atomic E-state index is 12.4. The molecule has 0 aliphatic heterocycles. The number of ether oxygens (including phenoxy) is 1. The minimum absolute atomic E-state index is 0.0511. The molecule has 0 radical (unpaired) electrons. The monoisotopic (exact) mass is 335 g/mol. The molecule has 8 nitrogen and oxygen atoms in total. The van der Waals surface area contributed by atoms with Crippen molar-refractivity contribution in [1.29, 1.82) is 0 Å². The number of carbonyl (C=O) groups is 2. The van der Waals surface area contributed by atoms with Crippen LogP contribution in [-0.4, -0.2) is 45.4 Å². The topological polar surface area (TPSA) is 103 Å². The maximum absolute atomic E-state index is 12.4. The lowest BCUT2D eigenvalue weighted by molar-refractivity contribution is -0.139. The minimum atomic E-state index is -1.05. The molecule has 0 saturated carbocycles. The van der Waals surface area contributed by atoms with Gasteiger partial charge < -0.3 is 15.2 Å². The lowest BCUT2D eigenvalue weighted by atomic mass is 9.99. The number of carboxylic acid groups (broad SMARTS) is 1. The Hall–Kier alpha value is -2.61. The number of hydrogen-bond donors (Lipinski definition) is 2. The first-order valence-electron chi connectivity index (χ1n) is 7.43. The lowest BCUT2D eigenvalue weighted by Crippen LogP contribution is -2.52. The molecule has 1 atom stereocenters. The van der Waals surface area contributed by atoms with Crippen molar-refractivity contribution in [2.24, 2.45) is 7.05 Å². The molecule has 0 aliphatic rings. The second-order valence-corrected chi connectivity index (χ2v) is 6.03. The van der Waals surface area contributed by atoms with Gasteiger partial charge in [0.2, 0.25) is 5.91 Å². The number of carboxylic acids is 1. The van der Waals surface area contributed by atoms with Gasteiger partial charge in [-0.05, 0) is 19.1 Å². The first-order chi connectivity index (χ1) is 11.3. The summed E-state index contributed by atoms with van der Waals surface area (Å²) in [5.74, 6) is -1.49.